The maximum atomic E-state index is 14.3. The van der Waals surface area contributed by atoms with Crippen LogP contribution in [0.15, 0.2) is 30.3 Å². The lowest BCUT2D eigenvalue weighted by atomic mass is 9.89. The van der Waals surface area contributed by atoms with Crippen molar-refractivity contribution in [3.63, 3.8) is 0 Å². The van der Waals surface area contributed by atoms with Crippen molar-refractivity contribution in [1.29, 1.82) is 0 Å². The van der Waals surface area contributed by atoms with E-state index in [2.05, 4.69) is 0 Å². The zero-order valence-corrected chi connectivity index (χ0v) is 10.4. The summed E-state index contributed by atoms with van der Waals surface area (Å²) in [4.78, 5) is 0. The molecule has 20 heavy (non-hydrogen) atoms. The Morgan fingerprint density at radius 1 is 1.00 bits per heavy atom. The molecule has 5 nitrogen and oxygen atoms in total. The summed E-state index contributed by atoms with van der Waals surface area (Å²) in [6.45, 7) is -0.744. The van der Waals surface area contributed by atoms with Crippen molar-refractivity contribution >= 4 is 0 Å². The molecule has 1 aliphatic rings. The lowest BCUT2D eigenvalue weighted by Gasteiger charge is -2.42. The number of alkyl halides is 2. The van der Waals surface area contributed by atoms with E-state index in [9.17, 15) is 24.1 Å². The van der Waals surface area contributed by atoms with Gasteiger partial charge in [-0.1, -0.05) is 30.3 Å². The monoisotopic (exact) mass is 290 g/mol. The highest BCUT2D eigenvalue weighted by Crippen LogP contribution is 2.39. The van der Waals surface area contributed by atoms with Crippen LogP contribution in [0.3, 0.4) is 0 Å². The van der Waals surface area contributed by atoms with Gasteiger partial charge in [0.05, 0.1) is 6.61 Å². The molecule has 4 N–H and O–H groups in total. The first-order chi connectivity index (χ1) is 9.39. The van der Waals surface area contributed by atoms with Gasteiger partial charge in [0.25, 0.3) is 0 Å². The molecule has 1 heterocycles. The van der Waals surface area contributed by atoms with Gasteiger partial charge in [0.2, 0.25) is 0 Å². The normalized spacial score (nSPS) is 35.0. The molecule has 0 bridgehead atoms. The first-order valence-corrected chi connectivity index (χ1v) is 6.13. The fourth-order valence-corrected chi connectivity index (χ4v) is 2.23. The van der Waals surface area contributed by atoms with Crippen LogP contribution in [0.2, 0.25) is 0 Å². The van der Waals surface area contributed by atoms with E-state index in [1.807, 2.05) is 0 Å². The Morgan fingerprint density at radius 2 is 1.60 bits per heavy atom. The molecule has 1 saturated heterocycles. The van der Waals surface area contributed by atoms with Crippen LogP contribution in [0.1, 0.15) is 5.56 Å². The number of benzene rings is 1. The van der Waals surface area contributed by atoms with E-state index in [-0.39, 0.29) is 5.56 Å². The summed E-state index contributed by atoms with van der Waals surface area (Å²) in [7, 11) is 0. The Morgan fingerprint density at radius 3 is 2.15 bits per heavy atom. The standard InChI is InChI=1S/C13H16F2O5/c14-13(15,7-4-2-1-3-5-7)12-11(19)10(18)9(17)8(6-16)20-12/h1-5,8-12,16-19H,6H2/t8-,9-,10+,11-,12?/m1/s1. The molecule has 0 aromatic heterocycles. The topological polar surface area (TPSA) is 90.2 Å². The predicted molar refractivity (Wildman–Crippen MR) is 64.1 cm³/mol. The smallest absolute Gasteiger partial charge is 0.301 e. The zero-order chi connectivity index (χ0) is 14.9. The Labute approximate surface area is 114 Å². The van der Waals surface area contributed by atoms with E-state index in [4.69, 9.17) is 9.84 Å². The van der Waals surface area contributed by atoms with Crippen LogP contribution in [0.5, 0.6) is 0 Å². The van der Waals surface area contributed by atoms with Crippen molar-refractivity contribution < 1.29 is 33.9 Å². The molecule has 2 rings (SSSR count). The second-order valence-electron chi connectivity index (χ2n) is 4.74. The van der Waals surface area contributed by atoms with Gasteiger partial charge in [-0.3, -0.25) is 0 Å². The molecular weight excluding hydrogens is 274 g/mol. The molecule has 1 aromatic carbocycles. The van der Waals surface area contributed by atoms with Crippen LogP contribution in [0, 0.1) is 0 Å². The molecular formula is C13H16F2O5. The van der Waals surface area contributed by atoms with Gasteiger partial charge in [-0.15, -0.1) is 0 Å². The minimum atomic E-state index is -3.57. The Balaban J connectivity index is 2.30. The molecule has 0 amide bonds. The number of rotatable bonds is 3. The van der Waals surface area contributed by atoms with Crippen molar-refractivity contribution in [2.24, 2.45) is 0 Å². The highest BCUT2D eigenvalue weighted by molar-refractivity contribution is 5.22. The molecule has 0 spiro atoms. The summed E-state index contributed by atoms with van der Waals surface area (Å²) in [5, 5.41) is 37.8. The molecule has 7 heteroatoms. The number of ether oxygens (including phenoxy) is 1. The number of hydrogen-bond donors (Lipinski definition) is 4. The summed E-state index contributed by atoms with van der Waals surface area (Å²) in [5.74, 6) is -3.57. The van der Waals surface area contributed by atoms with Crippen molar-refractivity contribution in [2.45, 2.75) is 36.4 Å². The highest BCUT2D eigenvalue weighted by Gasteiger charge is 2.55. The van der Waals surface area contributed by atoms with Gasteiger partial charge in [-0.05, 0) is 0 Å². The van der Waals surface area contributed by atoms with E-state index >= 15 is 0 Å². The SMILES string of the molecule is OC[C@H]1OC(C(F)(F)c2ccccc2)[C@H](O)[C@@H](O)[C@@H]1O. The van der Waals surface area contributed by atoms with Gasteiger partial charge >= 0.3 is 5.92 Å². The molecule has 5 atom stereocenters. The van der Waals surface area contributed by atoms with Crippen molar-refractivity contribution in [3.8, 4) is 0 Å². The largest absolute Gasteiger partial charge is 0.394 e. The maximum Gasteiger partial charge on any atom is 0.301 e. The van der Waals surface area contributed by atoms with Crippen LogP contribution in [0.25, 0.3) is 0 Å². The van der Waals surface area contributed by atoms with Gasteiger partial charge in [-0.2, -0.15) is 8.78 Å². The fourth-order valence-electron chi connectivity index (χ4n) is 2.23. The second-order valence-corrected chi connectivity index (χ2v) is 4.74. The lowest BCUT2D eigenvalue weighted by Crippen LogP contribution is -2.62. The Kier molecular flexibility index (Phi) is 4.36. The third-order valence-electron chi connectivity index (χ3n) is 3.41. The predicted octanol–water partition coefficient (Wildman–Crippen LogP) is -0.379. The van der Waals surface area contributed by atoms with Gasteiger partial charge in [0.1, 0.15) is 24.4 Å². The lowest BCUT2D eigenvalue weighted by molar-refractivity contribution is -0.284. The highest BCUT2D eigenvalue weighted by atomic mass is 19.3. The summed E-state index contributed by atoms with van der Waals surface area (Å²) in [6, 6.07) is 6.72. The third-order valence-corrected chi connectivity index (χ3v) is 3.41. The Hall–Kier alpha value is -1.12. The van der Waals surface area contributed by atoms with Crippen molar-refractivity contribution in [2.75, 3.05) is 6.61 Å². The molecule has 112 valence electrons. The van der Waals surface area contributed by atoms with Crippen molar-refractivity contribution in [3.05, 3.63) is 35.9 Å². The summed E-state index contributed by atoms with van der Waals surface area (Å²) in [5.41, 5.74) is -0.385. The second kappa shape index (κ2) is 5.71. The summed E-state index contributed by atoms with van der Waals surface area (Å²) in [6.07, 6.45) is -8.85. The van der Waals surface area contributed by atoms with E-state index in [1.165, 1.54) is 24.3 Å². The van der Waals surface area contributed by atoms with E-state index in [1.54, 1.807) is 6.07 Å². The quantitative estimate of drug-likeness (QED) is 0.609. The van der Waals surface area contributed by atoms with Crippen LogP contribution >= 0.6 is 0 Å². The van der Waals surface area contributed by atoms with Gasteiger partial charge in [0.15, 0.2) is 6.10 Å². The average Bonchev–Trinajstić information content (AvgIpc) is 2.46. The maximum absolute atomic E-state index is 14.3. The number of aliphatic hydroxyl groups excluding tert-OH is 4. The number of aliphatic hydroxyl groups is 4. The van der Waals surface area contributed by atoms with Gasteiger partial charge in [0, 0.05) is 5.56 Å². The van der Waals surface area contributed by atoms with Crippen LogP contribution in [0.4, 0.5) is 8.78 Å². The van der Waals surface area contributed by atoms with Crippen LogP contribution in [-0.2, 0) is 10.7 Å². The first kappa shape index (κ1) is 15.3. The average molecular weight is 290 g/mol. The van der Waals surface area contributed by atoms with E-state index in [0.717, 1.165) is 0 Å². The van der Waals surface area contributed by atoms with Crippen LogP contribution < -0.4 is 0 Å². The minimum Gasteiger partial charge on any atom is -0.394 e. The fraction of sp³-hybridized carbons (Fsp3) is 0.538. The molecule has 1 aliphatic heterocycles. The number of hydrogen-bond acceptors (Lipinski definition) is 5. The van der Waals surface area contributed by atoms with E-state index in [0.29, 0.717) is 0 Å². The van der Waals surface area contributed by atoms with Crippen LogP contribution in [-0.4, -0.2) is 57.6 Å². The molecule has 0 radical (unpaired) electrons. The number of halogens is 2. The Bertz CT molecular complexity index is 440. The van der Waals surface area contributed by atoms with Crippen molar-refractivity contribution in [1.82, 2.24) is 0 Å². The molecule has 1 fully saturated rings. The van der Waals surface area contributed by atoms with E-state index < -0.39 is 43.0 Å². The molecule has 1 aromatic rings. The third kappa shape index (κ3) is 2.55. The minimum absolute atomic E-state index is 0.385. The molecule has 1 unspecified atom stereocenters. The molecule has 0 saturated carbocycles. The first-order valence-electron chi connectivity index (χ1n) is 6.13. The summed E-state index contributed by atoms with van der Waals surface area (Å²) < 4.78 is 33.6. The zero-order valence-electron chi connectivity index (χ0n) is 10.4. The van der Waals surface area contributed by atoms with Gasteiger partial charge < -0.3 is 25.2 Å². The summed E-state index contributed by atoms with van der Waals surface area (Å²) >= 11 is 0. The molecule has 0 aliphatic carbocycles. The van der Waals surface area contributed by atoms with Gasteiger partial charge in [-0.25, -0.2) is 0 Å².